The predicted octanol–water partition coefficient (Wildman–Crippen LogP) is 4.62. The molecule has 0 fully saturated rings. The van der Waals surface area contributed by atoms with Gasteiger partial charge in [-0.1, -0.05) is 23.7 Å². The third kappa shape index (κ3) is 5.44. The van der Waals surface area contributed by atoms with E-state index in [-0.39, 0.29) is 5.97 Å². The van der Waals surface area contributed by atoms with Gasteiger partial charge < -0.3 is 15.4 Å². The number of anilines is 3. The second-order valence-electron chi connectivity index (χ2n) is 6.22. The Balaban J connectivity index is 1.62. The minimum Gasteiger partial charge on any atom is -0.465 e. The number of carbonyl (C=O) groups excluding carboxylic acids is 1. The van der Waals surface area contributed by atoms with Gasteiger partial charge in [-0.25, -0.2) is 9.78 Å². The number of nitrogens with zero attached hydrogens (tertiary/aromatic N) is 2. The molecule has 0 saturated carbocycles. The van der Waals surface area contributed by atoms with Crippen LogP contribution in [0.2, 0.25) is 5.02 Å². The van der Waals surface area contributed by atoms with E-state index in [2.05, 4.69) is 20.6 Å². The van der Waals surface area contributed by atoms with Crippen LogP contribution in [0.15, 0.2) is 54.6 Å². The fourth-order valence-electron chi connectivity index (χ4n) is 2.64. The highest BCUT2D eigenvalue weighted by molar-refractivity contribution is 6.30. The van der Waals surface area contributed by atoms with Gasteiger partial charge in [0.15, 0.2) is 0 Å². The van der Waals surface area contributed by atoms with Crippen molar-refractivity contribution in [1.82, 2.24) is 9.97 Å². The minimum atomic E-state index is -0.364. The van der Waals surface area contributed by atoms with Gasteiger partial charge in [0.2, 0.25) is 5.95 Å². The number of hydrogen-bond acceptors (Lipinski definition) is 6. The smallest absolute Gasteiger partial charge is 0.337 e. The normalized spacial score (nSPS) is 10.4. The maximum Gasteiger partial charge on any atom is 0.337 e. The average Bonchev–Trinajstić information content (AvgIpc) is 2.69. The molecule has 1 aromatic heterocycles. The van der Waals surface area contributed by atoms with E-state index in [1.54, 1.807) is 24.3 Å². The lowest BCUT2D eigenvalue weighted by Crippen LogP contribution is -2.09. The summed E-state index contributed by atoms with van der Waals surface area (Å²) in [6, 6.07) is 16.6. The number of carbonyl (C=O) groups is 1. The van der Waals surface area contributed by atoms with Gasteiger partial charge in [-0.2, -0.15) is 4.98 Å². The van der Waals surface area contributed by atoms with Crippen molar-refractivity contribution in [2.24, 2.45) is 0 Å². The molecule has 0 saturated heterocycles. The molecule has 0 atom stereocenters. The number of methoxy groups -OCH3 is 1. The Morgan fingerprint density at radius 1 is 1.07 bits per heavy atom. The molecule has 0 bridgehead atoms. The first-order valence-electron chi connectivity index (χ1n) is 8.83. The maximum atomic E-state index is 11.5. The Labute approximate surface area is 168 Å². The zero-order valence-electron chi connectivity index (χ0n) is 15.7. The summed E-state index contributed by atoms with van der Waals surface area (Å²) in [4.78, 5) is 20.4. The molecule has 6 nitrogen and oxygen atoms in total. The highest BCUT2D eigenvalue weighted by Crippen LogP contribution is 2.18. The van der Waals surface area contributed by atoms with Crippen LogP contribution in [0.5, 0.6) is 0 Å². The number of nitrogens with one attached hydrogen (secondary N) is 2. The van der Waals surface area contributed by atoms with Gasteiger partial charge in [0, 0.05) is 29.0 Å². The average molecular weight is 397 g/mol. The summed E-state index contributed by atoms with van der Waals surface area (Å²) < 4.78 is 4.71. The largest absolute Gasteiger partial charge is 0.465 e. The minimum absolute atomic E-state index is 0.364. The number of halogens is 1. The number of aromatic nitrogens is 2. The monoisotopic (exact) mass is 396 g/mol. The van der Waals surface area contributed by atoms with Crippen LogP contribution in [0.4, 0.5) is 17.5 Å². The fraction of sp³-hybridized carbons (Fsp3) is 0.190. The van der Waals surface area contributed by atoms with E-state index in [1.807, 2.05) is 37.3 Å². The molecule has 7 heteroatoms. The molecule has 1 heterocycles. The van der Waals surface area contributed by atoms with Crippen LogP contribution in [-0.2, 0) is 11.2 Å². The lowest BCUT2D eigenvalue weighted by molar-refractivity contribution is 0.0601. The summed E-state index contributed by atoms with van der Waals surface area (Å²) in [6.07, 6.45) is 0.840. The highest BCUT2D eigenvalue weighted by atomic mass is 35.5. The van der Waals surface area contributed by atoms with Crippen molar-refractivity contribution in [2.75, 3.05) is 24.3 Å². The van der Waals surface area contributed by atoms with E-state index < -0.39 is 0 Å². The van der Waals surface area contributed by atoms with E-state index in [1.165, 1.54) is 12.7 Å². The molecule has 0 aliphatic heterocycles. The highest BCUT2D eigenvalue weighted by Gasteiger charge is 2.06. The lowest BCUT2D eigenvalue weighted by atomic mass is 10.1. The number of benzene rings is 2. The van der Waals surface area contributed by atoms with Crippen LogP contribution in [0.3, 0.4) is 0 Å². The first kappa shape index (κ1) is 19.6. The zero-order valence-corrected chi connectivity index (χ0v) is 16.5. The van der Waals surface area contributed by atoms with E-state index >= 15 is 0 Å². The molecule has 28 heavy (non-hydrogen) atoms. The van der Waals surface area contributed by atoms with Crippen molar-refractivity contribution in [3.8, 4) is 0 Å². The topological polar surface area (TPSA) is 76.1 Å². The number of ether oxygens (including phenoxy) is 1. The number of esters is 1. The number of hydrogen-bond donors (Lipinski definition) is 2. The Morgan fingerprint density at radius 3 is 2.46 bits per heavy atom. The molecular formula is C21H21ClN4O2. The van der Waals surface area contributed by atoms with E-state index in [0.29, 0.717) is 23.9 Å². The van der Waals surface area contributed by atoms with E-state index in [0.717, 1.165) is 22.8 Å². The van der Waals surface area contributed by atoms with Crippen LogP contribution in [0, 0.1) is 6.92 Å². The van der Waals surface area contributed by atoms with Gasteiger partial charge in [-0.3, -0.25) is 0 Å². The quantitative estimate of drug-likeness (QED) is 0.567. The van der Waals surface area contributed by atoms with E-state index in [9.17, 15) is 4.79 Å². The van der Waals surface area contributed by atoms with Gasteiger partial charge in [0.25, 0.3) is 0 Å². The summed E-state index contributed by atoms with van der Waals surface area (Å²) in [7, 11) is 1.36. The molecule has 3 aromatic rings. The van der Waals surface area contributed by atoms with Crippen molar-refractivity contribution in [3.05, 3.63) is 76.4 Å². The van der Waals surface area contributed by atoms with Crippen molar-refractivity contribution < 1.29 is 9.53 Å². The van der Waals surface area contributed by atoms with Crippen molar-refractivity contribution in [1.29, 1.82) is 0 Å². The summed E-state index contributed by atoms with van der Waals surface area (Å²) in [5, 5.41) is 7.21. The molecule has 144 valence electrons. The van der Waals surface area contributed by atoms with Crippen LogP contribution >= 0.6 is 11.6 Å². The van der Waals surface area contributed by atoms with Crippen LogP contribution in [0.1, 0.15) is 21.6 Å². The molecular weight excluding hydrogens is 376 g/mol. The van der Waals surface area contributed by atoms with Gasteiger partial charge >= 0.3 is 5.97 Å². The van der Waals surface area contributed by atoms with Crippen LogP contribution < -0.4 is 10.6 Å². The maximum absolute atomic E-state index is 11.5. The molecule has 0 amide bonds. The van der Waals surface area contributed by atoms with Gasteiger partial charge in [-0.15, -0.1) is 0 Å². The lowest BCUT2D eigenvalue weighted by Gasteiger charge is -2.10. The Morgan fingerprint density at radius 2 is 1.79 bits per heavy atom. The molecule has 2 N–H and O–H groups in total. The summed E-state index contributed by atoms with van der Waals surface area (Å²) in [5.74, 6) is 0.867. The second-order valence-corrected chi connectivity index (χ2v) is 6.65. The molecule has 2 aromatic carbocycles. The first-order chi connectivity index (χ1) is 13.5. The molecule has 0 radical (unpaired) electrons. The third-order valence-corrected chi connectivity index (χ3v) is 4.29. The molecule has 0 unspecified atom stereocenters. The summed E-state index contributed by atoms with van der Waals surface area (Å²) >= 11 is 5.91. The van der Waals surface area contributed by atoms with Crippen LogP contribution in [0.25, 0.3) is 0 Å². The Bertz CT molecular complexity index is 944. The van der Waals surface area contributed by atoms with Crippen LogP contribution in [-0.4, -0.2) is 29.6 Å². The first-order valence-corrected chi connectivity index (χ1v) is 9.21. The fourth-order valence-corrected chi connectivity index (χ4v) is 2.76. The number of aryl methyl sites for hydroxylation is 1. The molecule has 0 spiro atoms. The molecule has 0 aliphatic rings. The zero-order chi connectivity index (χ0) is 19.9. The SMILES string of the molecule is COC(=O)c1ccc(Nc2cc(C)nc(NCCc3ccc(Cl)cc3)n2)cc1. The second kappa shape index (κ2) is 9.19. The van der Waals surface area contributed by atoms with Gasteiger partial charge in [0.05, 0.1) is 12.7 Å². The van der Waals surface area contributed by atoms with E-state index in [4.69, 9.17) is 16.3 Å². The molecule has 3 rings (SSSR count). The van der Waals surface area contributed by atoms with Crippen molar-refractivity contribution >= 4 is 35.0 Å². The predicted molar refractivity (Wildman–Crippen MR) is 111 cm³/mol. The summed E-state index contributed by atoms with van der Waals surface area (Å²) in [5.41, 5.74) is 3.35. The Kier molecular flexibility index (Phi) is 6.45. The van der Waals surface area contributed by atoms with Gasteiger partial charge in [0.1, 0.15) is 5.82 Å². The van der Waals surface area contributed by atoms with Crippen molar-refractivity contribution in [3.63, 3.8) is 0 Å². The van der Waals surface area contributed by atoms with Gasteiger partial charge in [-0.05, 0) is 55.3 Å². The standard InChI is InChI=1S/C21H21ClN4O2/c1-14-13-19(25-18-9-5-16(6-10-18)20(27)28-2)26-21(24-14)23-12-11-15-3-7-17(22)8-4-15/h3-10,13H,11-12H2,1-2H3,(H2,23,24,25,26). The number of rotatable bonds is 7. The summed E-state index contributed by atoms with van der Waals surface area (Å²) in [6.45, 7) is 2.62. The Hall–Kier alpha value is -3.12. The van der Waals surface area contributed by atoms with Crippen molar-refractivity contribution in [2.45, 2.75) is 13.3 Å². The third-order valence-electron chi connectivity index (χ3n) is 4.04. The molecule has 0 aliphatic carbocycles.